The van der Waals surface area contributed by atoms with Gasteiger partial charge in [-0.2, -0.15) is 5.10 Å². The molecule has 23 heavy (non-hydrogen) atoms. The average Bonchev–Trinajstić information content (AvgIpc) is 2.53. The summed E-state index contributed by atoms with van der Waals surface area (Å²) in [6, 6.07) is 9.85. The summed E-state index contributed by atoms with van der Waals surface area (Å²) in [5.74, 6) is 0.152. The maximum absolute atomic E-state index is 6.36. The molecule has 6 heteroatoms. The first kappa shape index (κ1) is 15.5. The molecule has 4 N–H and O–H groups in total. The van der Waals surface area contributed by atoms with Crippen LogP contribution in [0.4, 0.5) is 0 Å². The molecular weight excluding hydrogens is 310 g/mol. The molecule has 1 aliphatic rings. The number of rotatable bonds is 2. The molecular formula is C17H18ClN5. The van der Waals surface area contributed by atoms with Crippen LogP contribution in [-0.4, -0.2) is 16.7 Å². The zero-order valence-electron chi connectivity index (χ0n) is 12.8. The fourth-order valence-electron chi connectivity index (χ4n) is 3.04. The Kier molecular flexibility index (Phi) is 4.30. The molecule has 0 spiro atoms. The molecule has 0 aliphatic heterocycles. The van der Waals surface area contributed by atoms with E-state index in [0.717, 1.165) is 46.0 Å². The van der Waals surface area contributed by atoms with Crippen LogP contribution in [0, 0.1) is 6.92 Å². The van der Waals surface area contributed by atoms with Crippen LogP contribution in [0.3, 0.4) is 0 Å². The van der Waals surface area contributed by atoms with E-state index in [4.69, 9.17) is 23.1 Å². The maximum atomic E-state index is 6.36. The van der Waals surface area contributed by atoms with Crippen molar-refractivity contribution in [2.45, 2.75) is 25.7 Å². The lowest BCUT2D eigenvalue weighted by atomic mass is 9.80. The second-order valence-corrected chi connectivity index (χ2v) is 6.05. The minimum absolute atomic E-state index is 0.0551. The summed E-state index contributed by atoms with van der Waals surface area (Å²) in [5, 5.41) is 8.86. The second kappa shape index (κ2) is 6.38. The van der Waals surface area contributed by atoms with Gasteiger partial charge < -0.3 is 11.5 Å². The third-order valence-electron chi connectivity index (χ3n) is 4.04. The first-order chi connectivity index (χ1) is 11.1. The second-order valence-electron chi connectivity index (χ2n) is 5.65. The topological polar surface area (TPSA) is 89.6 Å². The summed E-state index contributed by atoms with van der Waals surface area (Å²) in [4.78, 5) is 4.53. The van der Waals surface area contributed by atoms with E-state index >= 15 is 0 Å². The number of aryl methyl sites for hydroxylation is 1. The van der Waals surface area contributed by atoms with Gasteiger partial charge in [-0.15, -0.1) is 5.10 Å². The Morgan fingerprint density at radius 3 is 2.74 bits per heavy atom. The number of halogens is 1. The molecule has 118 valence electrons. The zero-order chi connectivity index (χ0) is 16.4. The summed E-state index contributed by atoms with van der Waals surface area (Å²) in [7, 11) is 0. The van der Waals surface area contributed by atoms with Crippen LogP contribution in [-0.2, 0) is 6.42 Å². The lowest BCUT2D eigenvalue weighted by Gasteiger charge is -2.26. The van der Waals surface area contributed by atoms with Gasteiger partial charge >= 0.3 is 0 Å². The van der Waals surface area contributed by atoms with Crippen molar-refractivity contribution in [1.82, 2.24) is 4.98 Å². The smallest absolute Gasteiger partial charge is 0.211 e. The monoisotopic (exact) mass is 327 g/mol. The van der Waals surface area contributed by atoms with Gasteiger partial charge in [-0.25, -0.2) is 0 Å². The SMILES string of the molecule is Cc1ccnc2c1/C(=N/N=C(N)N)C[C@@H](c1ccccc1Cl)C2. The molecule has 0 fully saturated rings. The van der Waals surface area contributed by atoms with Crippen LogP contribution in [0.1, 0.15) is 34.7 Å². The Labute approximate surface area is 140 Å². The fourth-order valence-corrected chi connectivity index (χ4v) is 3.33. The van der Waals surface area contributed by atoms with Gasteiger partial charge in [0.05, 0.1) is 11.4 Å². The van der Waals surface area contributed by atoms with Crippen LogP contribution >= 0.6 is 11.6 Å². The van der Waals surface area contributed by atoms with Gasteiger partial charge in [0, 0.05) is 16.8 Å². The summed E-state index contributed by atoms with van der Waals surface area (Å²) in [5.41, 5.74) is 16.0. The summed E-state index contributed by atoms with van der Waals surface area (Å²) >= 11 is 6.36. The van der Waals surface area contributed by atoms with E-state index in [0.29, 0.717) is 0 Å². The van der Waals surface area contributed by atoms with Crippen LogP contribution in [0.2, 0.25) is 5.02 Å². The van der Waals surface area contributed by atoms with Gasteiger partial charge in [-0.1, -0.05) is 29.8 Å². The largest absolute Gasteiger partial charge is 0.369 e. The zero-order valence-corrected chi connectivity index (χ0v) is 13.6. The normalized spacial score (nSPS) is 18.5. The number of guanidine groups is 1. The number of nitrogens with two attached hydrogens (primary N) is 2. The van der Waals surface area contributed by atoms with E-state index < -0.39 is 0 Å². The average molecular weight is 328 g/mol. The number of aromatic nitrogens is 1. The van der Waals surface area contributed by atoms with Gasteiger partial charge in [0.15, 0.2) is 0 Å². The molecule has 0 bridgehead atoms. The highest BCUT2D eigenvalue weighted by Gasteiger charge is 2.28. The Bertz CT molecular complexity index is 793. The molecule has 1 aliphatic carbocycles. The molecule has 3 rings (SSSR count). The Morgan fingerprint density at radius 2 is 2.00 bits per heavy atom. The molecule has 0 amide bonds. The van der Waals surface area contributed by atoms with E-state index in [2.05, 4.69) is 15.2 Å². The summed E-state index contributed by atoms with van der Waals surface area (Å²) in [6.45, 7) is 2.04. The molecule has 2 aromatic rings. The molecule has 1 heterocycles. The van der Waals surface area contributed by atoms with Crippen molar-refractivity contribution in [2.75, 3.05) is 0 Å². The number of pyridine rings is 1. The van der Waals surface area contributed by atoms with E-state index in [-0.39, 0.29) is 11.9 Å². The lowest BCUT2D eigenvalue weighted by molar-refractivity contribution is 0.677. The molecule has 0 unspecified atom stereocenters. The highest BCUT2D eigenvalue weighted by atomic mass is 35.5. The van der Waals surface area contributed by atoms with E-state index in [1.807, 2.05) is 43.5 Å². The molecule has 0 saturated carbocycles. The number of hydrogen-bond acceptors (Lipinski definition) is 3. The van der Waals surface area contributed by atoms with Gasteiger partial charge in [0.25, 0.3) is 0 Å². The van der Waals surface area contributed by atoms with Crippen molar-refractivity contribution in [3.05, 3.63) is 63.9 Å². The molecule has 1 aromatic carbocycles. The quantitative estimate of drug-likeness (QED) is 0.505. The van der Waals surface area contributed by atoms with Crippen LogP contribution < -0.4 is 11.5 Å². The fraction of sp³-hybridized carbons (Fsp3) is 0.235. The Hall–Kier alpha value is -2.40. The number of hydrogen-bond donors (Lipinski definition) is 2. The van der Waals surface area contributed by atoms with E-state index in [1.54, 1.807) is 0 Å². The number of fused-ring (bicyclic) bond motifs is 1. The summed E-state index contributed by atoms with van der Waals surface area (Å²) < 4.78 is 0. The van der Waals surface area contributed by atoms with Crippen LogP contribution in [0.5, 0.6) is 0 Å². The Morgan fingerprint density at radius 1 is 1.22 bits per heavy atom. The van der Waals surface area contributed by atoms with Gasteiger partial charge in [0.2, 0.25) is 5.96 Å². The predicted molar refractivity (Wildman–Crippen MR) is 93.8 cm³/mol. The van der Waals surface area contributed by atoms with Gasteiger partial charge in [-0.05, 0) is 48.9 Å². The van der Waals surface area contributed by atoms with Crippen molar-refractivity contribution in [2.24, 2.45) is 21.7 Å². The third-order valence-corrected chi connectivity index (χ3v) is 4.38. The molecule has 0 radical (unpaired) electrons. The van der Waals surface area contributed by atoms with Crippen LogP contribution in [0.15, 0.2) is 46.7 Å². The first-order valence-electron chi connectivity index (χ1n) is 7.41. The molecule has 0 saturated heterocycles. The first-order valence-corrected chi connectivity index (χ1v) is 7.78. The minimum atomic E-state index is -0.0551. The minimum Gasteiger partial charge on any atom is -0.369 e. The van der Waals surface area contributed by atoms with Crippen molar-refractivity contribution in [1.29, 1.82) is 0 Å². The maximum Gasteiger partial charge on any atom is 0.211 e. The molecule has 1 atom stereocenters. The number of benzene rings is 1. The van der Waals surface area contributed by atoms with Crippen LogP contribution in [0.25, 0.3) is 0 Å². The summed E-state index contributed by atoms with van der Waals surface area (Å²) in [6.07, 6.45) is 3.36. The van der Waals surface area contributed by atoms with E-state index in [1.165, 1.54) is 0 Å². The predicted octanol–water partition coefficient (Wildman–Crippen LogP) is 2.75. The third kappa shape index (κ3) is 3.19. The highest BCUT2D eigenvalue weighted by molar-refractivity contribution is 6.31. The van der Waals surface area contributed by atoms with Crippen molar-refractivity contribution < 1.29 is 0 Å². The standard InChI is InChI=1S/C17H18ClN5/c1-10-6-7-21-14-8-11(12-4-2-3-5-13(12)18)9-15(16(10)14)22-23-17(19)20/h2-7,11H,8-9H2,1H3,(H4,19,20,23)/b22-15+/t11-/m0/s1. The van der Waals surface area contributed by atoms with Crippen molar-refractivity contribution in [3.63, 3.8) is 0 Å². The van der Waals surface area contributed by atoms with Gasteiger partial charge in [0.1, 0.15) is 0 Å². The highest BCUT2D eigenvalue weighted by Crippen LogP contribution is 2.36. The number of nitrogens with zero attached hydrogens (tertiary/aromatic N) is 3. The van der Waals surface area contributed by atoms with Crippen molar-refractivity contribution in [3.8, 4) is 0 Å². The van der Waals surface area contributed by atoms with Crippen molar-refractivity contribution >= 4 is 23.3 Å². The molecule has 5 nitrogen and oxygen atoms in total. The lowest BCUT2D eigenvalue weighted by Crippen LogP contribution is -2.24. The Balaban J connectivity index is 2.08. The van der Waals surface area contributed by atoms with Gasteiger partial charge in [-0.3, -0.25) is 4.98 Å². The van der Waals surface area contributed by atoms with E-state index in [9.17, 15) is 0 Å². The molecule has 1 aromatic heterocycles.